The maximum Gasteiger partial charge on any atom is 0.241 e. The normalized spacial score (nSPS) is 12.6. The van der Waals surface area contributed by atoms with Crippen LogP contribution in [-0.2, 0) is 21.4 Å². The summed E-state index contributed by atoms with van der Waals surface area (Å²) < 4.78 is 22.4. The highest BCUT2D eigenvalue weighted by Gasteiger charge is 2.14. The van der Waals surface area contributed by atoms with Gasteiger partial charge in [-0.15, -0.1) is 0 Å². The zero-order chi connectivity index (χ0) is 17.7. The van der Waals surface area contributed by atoms with Crippen molar-refractivity contribution >= 4 is 33.2 Å². The van der Waals surface area contributed by atoms with Gasteiger partial charge < -0.3 is 10.6 Å². The Morgan fingerprint density at radius 3 is 2.38 bits per heavy atom. The van der Waals surface area contributed by atoms with E-state index in [1.54, 1.807) is 13.0 Å². The molecule has 128 valence electrons. The van der Waals surface area contributed by atoms with Crippen LogP contribution in [0.3, 0.4) is 0 Å². The highest BCUT2D eigenvalue weighted by atomic mass is 35.5. The van der Waals surface area contributed by atoms with Gasteiger partial charge in [0.2, 0.25) is 15.9 Å². The van der Waals surface area contributed by atoms with E-state index in [9.17, 15) is 13.2 Å². The molecule has 1 atom stereocenters. The van der Waals surface area contributed by atoms with Crippen LogP contribution >= 0.6 is 11.6 Å². The zero-order valence-electron chi connectivity index (χ0n) is 13.0. The molecular formula is C16H18ClN3O3S. The first-order chi connectivity index (χ1) is 11.3. The number of benzene rings is 2. The molecule has 4 N–H and O–H groups in total. The van der Waals surface area contributed by atoms with Gasteiger partial charge >= 0.3 is 0 Å². The molecule has 0 radical (unpaired) electrons. The molecule has 2 aromatic carbocycles. The van der Waals surface area contributed by atoms with Crippen LogP contribution in [0.2, 0.25) is 5.02 Å². The van der Waals surface area contributed by atoms with Crippen molar-refractivity contribution in [1.82, 2.24) is 5.32 Å². The van der Waals surface area contributed by atoms with Crippen LogP contribution < -0.4 is 15.8 Å². The fraction of sp³-hybridized carbons (Fsp3) is 0.188. The molecular weight excluding hydrogens is 350 g/mol. The van der Waals surface area contributed by atoms with Crippen LogP contribution in [0.1, 0.15) is 12.5 Å². The molecule has 8 heteroatoms. The summed E-state index contributed by atoms with van der Waals surface area (Å²) >= 11 is 6.07. The summed E-state index contributed by atoms with van der Waals surface area (Å²) in [7, 11) is -3.75. The number of sulfonamides is 1. The lowest BCUT2D eigenvalue weighted by atomic mass is 10.2. The lowest BCUT2D eigenvalue weighted by molar-refractivity contribution is -0.117. The van der Waals surface area contributed by atoms with Gasteiger partial charge in [-0.2, -0.15) is 0 Å². The molecule has 24 heavy (non-hydrogen) atoms. The molecule has 0 unspecified atom stereocenters. The predicted molar refractivity (Wildman–Crippen MR) is 94.2 cm³/mol. The third-order valence-electron chi connectivity index (χ3n) is 3.40. The first-order valence-corrected chi connectivity index (χ1v) is 9.10. The van der Waals surface area contributed by atoms with Crippen LogP contribution in [0, 0.1) is 0 Å². The summed E-state index contributed by atoms with van der Waals surface area (Å²) in [5, 5.41) is 11.4. The fourth-order valence-electron chi connectivity index (χ4n) is 1.98. The van der Waals surface area contributed by atoms with Crippen molar-refractivity contribution in [3.8, 4) is 0 Å². The van der Waals surface area contributed by atoms with Crippen LogP contribution in [0.25, 0.3) is 0 Å². The second kappa shape index (κ2) is 7.76. The Labute approximate surface area is 146 Å². The zero-order valence-corrected chi connectivity index (χ0v) is 14.6. The molecule has 0 fully saturated rings. The first kappa shape index (κ1) is 18.4. The quantitative estimate of drug-likeness (QED) is 0.727. The molecule has 0 saturated carbocycles. The number of nitrogens with two attached hydrogens (primary N) is 1. The van der Waals surface area contributed by atoms with Gasteiger partial charge in [0.15, 0.2) is 0 Å². The van der Waals surface area contributed by atoms with Crippen molar-refractivity contribution in [3.63, 3.8) is 0 Å². The van der Waals surface area contributed by atoms with Crippen LogP contribution in [-0.4, -0.2) is 20.4 Å². The molecule has 0 spiro atoms. The van der Waals surface area contributed by atoms with Crippen LogP contribution in [0.15, 0.2) is 53.4 Å². The maximum atomic E-state index is 12.2. The number of primary sulfonamides is 1. The Hall–Kier alpha value is -1.93. The molecule has 0 aliphatic carbocycles. The lowest BCUT2D eigenvalue weighted by Crippen LogP contribution is -2.37. The minimum Gasteiger partial charge on any atom is -0.325 e. The van der Waals surface area contributed by atoms with Gasteiger partial charge in [0.25, 0.3) is 0 Å². The minimum atomic E-state index is -3.75. The number of halogens is 1. The maximum absolute atomic E-state index is 12.2. The van der Waals surface area contributed by atoms with E-state index in [4.69, 9.17) is 16.7 Å². The second-order valence-corrected chi connectivity index (χ2v) is 7.22. The number of hydrogen-bond acceptors (Lipinski definition) is 4. The van der Waals surface area contributed by atoms with E-state index < -0.39 is 16.1 Å². The third-order valence-corrected chi connectivity index (χ3v) is 4.70. The van der Waals surface area contributed by atoms with Gasteiger partial charge in [-0.1, -0.05) is 29.8 Å². The summed E-state index contributed by atoms with van der Waals surface area (Å²) in [6, 6.07) is 12.6. The predicted octanol–water partition coefficient (Wildman–Crippen LogP) is 2.10. The highest BCUT2D eigenvalue weighted by molar-refractivity contribution is 7.89. The molecule has 2 aromatic rings. The van der Waals surface area contributed by atoms with Crippen molar-refractivity contribution in [3.05, 3.63) is 59.1 Å². The monoisotopic (exact) mass is 367 g/mol. The van der Waals surface area contributed by atoms with Gasteiger partial charge in [0.05, 0.1) is 10.9 Å². The molecule has 0 aliphatic heterocycles. The molecule has 0 heterocycles. The van der Waals surface area contributed by atoms with Crippen LogP contribution in [0.4, 0.5) is 5.69 Å². The number of carbonyl (C=O) groups is 1. The summed E-state index contributed by atoms with van der Waals surface area (Å²) in [5.74, 6) is -0.245. The van der Waals surface area contributed by atoms with Crippen molar-refractivity contribution in [2.45, 2.75) is 24.4 Å². The summed E-state index contributed by atoms with van der Waals surface area (Å²) in [6.45, 7) is 2.18. The minimum absolute atomic E-state index is 0.00890. The van der Waals surface area contributed by atoms with Gasteiger partial charge in [0.1, 0.15) is 0 Å². The average Bonchev–Trinajstić information content (AvgIpc) is 2.53. The van der Waals surface area contributed by atoms with Gasteiger partial charge in [-0.3, -0.25) is 4.79 Å². The second-order valence-electron chi connectivity index (χ2n) is 5.25. The third kappa shape index (κ3) is 5.04. The van der Waals surface area contributed by atoms with Crippen LogP contribution in [0.5, 0.6) is 0 Å². The number of carbonyl (C=O) groups excluding carboxylic acids is 1. The van der Waals surface area contributed by atoms with Gasteiger partial charge in [-0.05, 0) is 42.8 Å². The molecule has 0 aromatic heterocycles. The number of rotatable bonds is 6. The molecule has 0 bridgehead atoms. The molecule has 0 aliphatic rings. The number of amides is 1. The van der Waals surface area contributed by atoms with E-state index >= 15 is 0 Å². The standard InChI is InChI=1S/C16H18ClN3O3S/c1-11(19-10-12-4-2-3-5-15(12)17)16(21)20-13-6-8-14(9-7-13)24(18,22)23/h2-9,11,19H,10H2,1H3,(H,20,21)(H2,18,22,23)/t11-/m0/s1. The van der Waals surface area contributed by atoms with Gasteiger partial charge in [0, 0.05) is 17.3 Å². The largest absolute Gasteiger partial charge is 0.325 e. The van der Waals surface area contributed by atoms with E-state index in [0.29, 0.717) is 17.3 Å². The SMILES string of the molecule is C[C@H](NCc1ccccc1Cl)C(=O)Nc1ccc(S(N)(=O)=O)cc1. The van der Waals surface area contributed by atoms with Crippen molar-refractivity contribution in [2.24, 2.45) is 5.14 Å². The number of hydrogen-bond donors (Lipinski definition) is 3. The van der Waals surface area contributed by atoms with E-state index in [1.807, 2.05) is 18.2 Å². The van der Waals surface area contributed by atoms with Crippen molar-refractivity contribution < 1.29 is 13.2 Å². The van der Waals surface area contributed by atoms with Crippen molar-refractivity contribution in [1.29, 1.82) is 0 Å². The summed E-state index contributed by atoms with van der Waals surface area (Å²) in [6.07, 6.45) is 0. The van der Waals surface area contributed by atoms with E-state index in [0.717, 1.165) is 5.56 Å². The number of anilines is 1. The Bertz CT molecular complexity index is 823. The smallest absolute Gasteiger partial charge is 0.241 e. The van der Waals surface area contributed by atoms with Crippen molar-refractivity contribution in [2.75, 3.05) is 5.32 Å². The fourth-order valence-corrected chi connectivity index (χ4v) is 2.69. The molecule has 0 saturated heterocycles. The van der Waals surface area contributed by atoms with Gasteiger partial charge in [-0.25, -0.2) is 13.6 Å². The average molecular weight is 368 g/mol. The Kier molecular flexibility index (Phi) is 5.95. The molecule has 2 rings (SSSR count). The Morgan fingerprint density at radius 1 is 1.17 bits per heavy atom. The number of nitrogens with one attached hydrogen (secondary N) is 2. The van der Waals surface area contributed by atoms with E-state index in [2.05, 4.69) is 10.6 Å². The summed E-state index contributed by atoms with van der Waals surface area (Å²) in [4.78, 5) is 12.1. The van der Waals surface area contributed by atoms with E-state index in [1.165, 1.54) is 24.3 Å². The Balaban J connectivity index is 1.93. The first-order valence-electron chi connectivity index (χ1n) is 7.18. The topological polar surface area (TPSA) is 101 Å². The van der Waals surface area contributed by atoms with E-state index in [-0.39, 0.29) is 10.8 Å². The Morgan fingerprint density at radius 2 is 1.79 bits per heavy atom. The summed E-state index contributed by atoms with van der Waals surface area (Å²) in [5.41, 5.74) is 1.38. The lowest BCUT2D eigenvalue weighted by Gasteiger charge is -2.15. The molecule has 1 amide bonds. The highest BCUT2D eigenvalue weighted by Crippen LogP contribution is 2.15. The molecule has 6 nitrogen and oxygen atoms in total.